The van der Waals surface area contributed by atoms with E-state index in [1.54, 1.807) is 0 Å². The van der Waals surface area contributed by atoms with E-state index in [2.05, 4.69) is 41.5 Å². The summed E-state index contributed by atoms with van der Waals surface area (Å²) in [5.74, 6) is 1.33. The van der Waals surface area contributed by atoms with Crippen molar-refractivity contribution >= 4 is 22.9 Å². The van der Waals surface area contributed by atoms with Gasteiger partial charge in [0, 0.05) is 11.6 Å². The van der Waals surface area contributed by atoms with Gasteiger partial charge in [-0.1, -0.05) is 32.0 Å². The van der Waals surface area contributed by atoms with E-state index in [-0.39, 0.29) is 0 Å². The van der Waals surface area contributed by atoms with Gasteiger partial charge < -0.3 is 0 Å². The first-order valence-corrected chi connectivity index (χ1v) is 6.48. The first-order valence-electron chi connectivity index (χ1n) is 6.48. The van der Waals surface area contributed by atoms with Crippen LogP contribution < -0.4 is 5.43 Å². The molecular formula is C15H19N3. The third kappa shape index (κ3) is 3.06. The average Bonchev–Trinajstić information content (AvgIpc) is 2.43. The lowest BCUT2D eigenvalue weighted by atomic mass is 10.1. The SMILES string of the molecule is CCC(/C=N/Nc1ccc2ccccc2n1)CC. The molecule has 0 atom stereocenters. The first kappa shape index (κ1) is 12.6. The average molecular weight is 241 g/mol. The van der Waals surface area contributed by atoms with E-state index in [1.165, 1.54) is 0 Å². The summed E-state index contributed by atoms with van der Waals surface area (Å²) < 4.78 is 0. The van der Waals surface area contributed by atoms with Crippen LogP contribution in [-0.2, 0) is 0 Å². The summed E-state index contributed by atoms with van der Waals surface area (Å²) in [6, 6.07) is 12.1. The molecule has 0 unspecified atom stereocenters. The smallest absolute Gasteiger partial charge is 0.146 e. The number of hydrogen-bond donors (Lipinski definition) is 1. The van der Waals surface area contributed by atoms with Crippen LogP contribution in [0.1, 0.15) is 26.7 Å². The number of rotatable bonds is 5. The Morgan fingerprint density at radius 2 is 1.94 bits per heavy atom. The van der Waals surface area contributed by atoms with E-state index < -0.39 is 0 Å². The van der Waals surface area contributed by atoms with Gasteiger partial charge >= 0.3 is 0 Å². The molecule has 3 nitrogen and oxygen atoms in total. The number of aromatic nitrogens is 1. The monoisotopic (exact) mass is 241 g/mol. The molecule has 2 aromatic rings. The predicted molar refractivity (Wildman–Crippen MR) is 77.9 cm³/mol. The summed E-state index contributed by atoms with van der Waals surface area (Å²) in [7, 11) is 0. The van der Waals surface area contributed by atoms with Gasteiger partial charge in [0.25, 0.3) is 0 Å². The van der Waals surface area contributed by atoms with Gasteiger partial charge in [-0.05, 0) is 37.0 Å². The summed E-state index contributed by atoms with van der Waals surface area (Å²) in [5, 5.41) is 5.40. The number of nitrogens with zero attached hydrogens (tertiary/aromatic N) is 2. The molecule has 1 aromatic carbocycles. The molecule has 0 saturated heterocycles. The number of fused-ring (bicyclic) bond motifs is 1. The number of benzene rings is 1. The summed E-state index contributed by atoms with van der Waals surface area (Å²) >= 11 is 0. The highest BCUT2D eigenvalue weighted by Crippen LogP contribution is 2.14. The highest BCUT2D eigenvalue weighted by atomic mass is 15.3. The lowest BCUT2D eigenvalue weighted by molar-refractivity contribution is 0.654. The van der Waals surface area contributed by atoms with Crippen LogP contribution >= 0.6 is 0 Å². The zero-order valence-corrected chi connectivity index (χ0v) is 10.9. The Hall–Kier alpha value is -1.90. The van der Waals surface area contributed by atoms with Crippen LogP contribution in [0.4, 0.5) is 5.82 Å². The molecule has 2 rings (SSSR count). The summed E-state index contributed by atoms with van der Waals surface area (Å²) in [6.07, 6.45) is 4.20. The number of hydrogen-bond acceptors (Lipinski definition) is 3. The number of hydrazone groups is 1. The summed E-state index contributed by atoms with van der Waals surface area (Å²) in [6.45, 7) is 4.35. The van der Waals surface area contributed by atoms with E-state index in [0.29, 0.717) is 5.92 Å². The minimum Gasteiger partial charge on any atom is -0.262 e. The van der Waals surface area contributed by atoms with Crippen LogP contribution in [0.25, 0.3) is 10.9 Å². The molecule has 0 radical (unpaired) electrons. The fraction of sp³-hybridized carbons (Fsp3) is 0.333. The normalized spacial score (nSPS) is 11.5. The van der Waals surface area contributed by atoms with Gasteiger partial charge in [-0.15, -0.1) is 0 Å². The second kappa shape index (κ2) is 6.15. The maximum Gasteiger partial charge on any atom is 0.146 e. The van der Waals surface area contributed by atoms with E-state index in [1.807, 2.05) is 30.5 Å². The summed E-state index contributed by atoms with van der Waals surface area (Å²) in [5.41, 5.74) is 3.98. The highest BCUT2D eigenvalue weighted by Gasteiger charge is 1.98. The van der Waals surface area contributed by atoms with Crippen molar-refractivity contribution in [2.45, 2.75) is 26.7 Å². The fourth-order valence-corrected chi connectivity index (χ4v) is 1.84. The molecule has 18 heavy (non-hydrogen) atoms. The molecule has 0 spiro atoms. The van der Waals surface area contributed by atoms with Gasteiger partial charge in [-0.2, -0.15) is 5.10 Å². The van der Waals surface area contributed by atoms with Gasteiger partial charge in [0.1, 0.15) is 5.82 Å². The van der Waals surface area contributed by atoms with Crippen molar-refractivity contribution in [1.29, 1.82) is 0 Å². The topological polar surface area (TPSA) is 37.3 Å². The second-order valence-electron chi connectivity index (χ2n) is 4.36. The van der Waals surface area contributed by atoms with E-state index >= 15 is 0 Å². The van der Waals surface area contributed by atoms with Crippen LogP contribution in [0.2, 0.25) is 0 Å². The Balaban J connectivity index is 2.08. The molecule has 0 saturated carbocycles. The van der Waals surface area contributed by atoms with Crippen LogP contribution in [-0.4, -0.2) is 11.2 Å². The molecule has 94 valence electrons. The van der Waals surface area contributed by atoms with Gasteiger partial charge in [-0.3, -0.25) is 5.43 Å². The molecule has 0 aliphatic heterocycles. The Bertz CT molecular complexity index is 530. The molecular weight excluding hydrogens is 222 g/mol. The number of nitrogens with one attached hydrogen (secondary N) is 1. The Morgan fingerprint density at radius 3 is 2.72 bits per heavy atom. The van der Waals surface area contributed by atoms with Crippen LogP contribution in [0, 0.1) is 5.92 Å². The van der Waals surface area contributed by atoms with Gasteiger partial charge in [0.15, 0.2) is 0 Å². The highest BCUT2D eigenvalue weighted by molar-refractivity contribution is 5.80. The van der Waals surface area contributed by atoms with Crippen LogP contribution in [0.5, 0.6) is 0 Å². The Morgan fingerprint density at radius 1 is 1.17 bits per heavy atom. The number of para-hydroxylation sites is 1. The minimum absolute atomic E-state index is 0.540. The van der Waals surface area contributed by atoms with Crippen molar-refractivity contribution < 1.29 is 0 Å². The molecule has 1 heterocycles. The lowest BCUT2D eigenvalue weighted by Crippen LogP contribution is -2.01. The first-order chi connectivity index (χ1) is 8.83. The maximum absolute atomic E-state index is 4.50. The van der Waals surface area contributed by atoms with Crippen LogP contribution in [0.15, 0.2) is 41.5 Å². The Kier molecular flexibility index (Phi) is 4.29. The molecule has 0 bridgehead atoms. The molecule has 0 fully saturated rings. The van der Waals surface area contributed by atoms with Gasteiger partial charge in [0.05, 0.1) is 5.52 Å². The van der Waals surface area contributed by atoms with Crippen molar-refractivity contribution in [3.63, 3.8) is 0 Å². The van der Waals surface area contributed by atoms with Crippen molar-refractivity contribution in [2.24, 2.45) is 11.0 Å². The van der Waals surface area contributed by atoms with Crippen molar-refractivity contribution in [1.82, 2.24) is 4.98 Å². The molecule has 3 heteroatoms. The molecule has 0 aliphatic rings. The molecule has 0 amide bonds. The summed E-state index contributed by atoms with van der Waals surface area (Å²) in [4.78, 5) is 4.50. The van der Waals surface area contributed by atoms with Crippen molar-refractivity contribution in [3.8, 4) is 0 Å². The van der Waals surface area contributed by atoms with Gasteiger partial charge in [-0.25, -0.2) is 4.98 Å². The largest absolute Gasteiger partial charge is 0.262 e. The Labute approximate surface area is 108 Å². The van der Waals surface area contributed by atoms with Gasteiger partial charge in [0.2, 0.25) is 0 Å². The van der Waals surface area contributed by atoms with Crippen molar-refractivity contribution in [3.05, 3.63) is 36.4 Å². The quantitative estimate of drug-likeness (QED) is 0.633. The molecule has 0 aliphatic carbocycles. The second-order valence-corrected chi connectivity index (χ2v) is 4.36. The number of anilines is 1. The predicted octanol–water partition coefficient (Wildman–Crippen LogP) is 4.07. The molecule has 1 aromatic heterocycles. The fourth-order valence-electron chi connectivity index (χ4n) is 1.84. The minimum atomic E-state index is 0.540. The van der Waals surface area contributed by atoms with Crippen LogP contribution in [0.3, 0.4) is 0 Å². The third-order valence-corrected chi connectivity index (χ3v) is 3.11. The van der Waals surface area contributed by atoms with E-state index in [0.717, 1.165) is 29.6 Å². The van der Waals surface area contributed by atoms with E-state index in [4.69, 9.17) is 0 Å². The third-order valence-electron chi connectivity index (χ3n) is 3.11. The molecule has 1 N–H and O–H groups in total. The zero-order valence-electron chi connectivity index (χ0n) is 10.9. The lowest BCUT2D eigenvalue weighted by Gasteiger charge is -2.05. The maximum atomic E-state index is 4.50. The van der Waals surface area contributed by atoms with E-state index in [9.17, 15) is 0 Å². The standard InChI is InChI=1S/C15H19N3/c1-3-12(4-2)11-16-18-15-10-9-13-7-5-6-8-14(13)17-15/h5-12H,3-4H2,1-2H3,(H,17,18)/b16-11+. The van der Waals surface area contributed by atoms with Crippen molar-refractivity contribution in [2.75, 3.05) is 5.43 Å². The zero-order chi connectivity index (χ0) is 12.8. The number of pyridine rings is 1.